The summed E-state index contributed by atoms with van der Waals surface area (Å²) in [4.78, 5) is 28.2. The molecule has 0 bridgehead atoms. The van der Waals surface area contributed by atoms with Crippen LogP contribution in [0.2, 0.25) is 0 Å². The number of carbonyl (C=O) groups excluding carboxylic acids is 1. The van der Waals surface area contributed by atoms with E-state index in [1.165, 1.54) is 6.33 Å². The lowest BCUT2D eigenvalue weighted by molar-refractivity contribution is 0.0523. The summed E-state index contributed by atoms with van der Waals surface area (Å²) in [6.45, 7) is 9.66. The smallest absolute Gasteiger partial charge is 0.407 e. The summed E-state index contributed by atoms with van der Waals surface area (Å²) in [5, 5.41) is 6.08. The number of H-pyrrole nitrogens is 1. The van der Waals surface area contributed by atoms with E-state index in [1.807, 2.05) is 71.0 Å². The van der Waals surface area contributed by atoms with E-state index in [0.29, 0.717) is 11.6 Å². The van der Waals surface area contributed by atoms with E-state index in [9.17, 15) is 4.79 Å². The summed E-state index contributed by atoms with van der Waals surface area (Å²) in [7, 11) is 0. The van der Waals surface area contributed by atoms with Crippen LogP contribution in [-0.4, -0.2) is 31.6 Å². The molecule has 4 rings (SSSR count). The highest BCUT2D eigenvalue weighted by Crippen LogP contribution is 2.29. The molecule has 9 heteroatoms. The standard InChI is InChI=1S/C25H28N6O3/c1-15-10-17(7-9-21(15)33-19-8-6-16(2)26-13-19)31-23-22-20(28-14-29-23)11-18(30-22)12-27-24(32)34-25(3,4)5/h6-11,13-14,30H,12H2,1-5H3,(H,27,32)(H,28,29,31). The maximum absolute atomic E-state index is 11.9. The Hall–Kier alpha value is -4.14. The Morgan fingerprint density at radius 1 is 1.06 bits per heavy atom. The fourth-order valence-corrected chi connectivity index (χ4v) is 3.29. The van der Waals surface area contributed by atoms with Crippen LogP contribution in [0.4, 0.5) is 16.3 Å². The van der Waals surface area contributed by atoms with Gasteiger partial charge >= 0.3 is 6.09 Å². The van der Waals surface area contributed by atoms with Crippen molar-refractivity contribution in [1.29, 1.82) is 0 Å². The number of fused-ring (bicyclic) bond motifs is 1. The maximum atomic E-state index is 11.9. The number of anilines is 2. The molecule has 34 heavy (non-hydrogen) atoms. The van der Waals surface area contributed by atoms with Crippen LogP contribution in [0.15, 0.2) is 48.9 Å². The van der Waals surface area contributed by atoms with Crippen molar-refractivity contribution in [3.8, 4) is 11.5 Å². The van der Waals surface area contributed by atoms with Crippen molar-refractivity contribution >= 4 is 28.6 Å². The van der Waals surface area contributed by atoms with Gasteiger partial charge in [-0.05, 0) is 76.6 Å². The molecule has 0 atom stereocenters. The second-order valence-electron chi connectivity index (χ2n) is 8.98. The molecule has 0 aliphatic carbocycles. The number of hydrogen-bond donors (Lipinski definition) is 3. The Labute approximate surface area is 198 Å². The second-order valence-corrected chi connectivity index (χ2v) is 8.98. The van der Waals surface area contributed by atoms with Gasteiger partial charge in [-0.1, -0.05) is 0 Å². The predicted octanol–water partition coefficient (Wildman–Crippen LogP) is 5.53. The Morgan fingerprint density at radius 3 is 2.59 bits per heavy atom. The first-order valence-corrected chi connectivity index (χ1v) is 10.9. The first kappa shape index (κ1) is 23.0. The van der Waals surface area contributed by atoms with Crippen molar-refractivity contribution in [3.63, 3.8) is 0 Å². The molecule has 0 aliphatic heterocycles. The van der Waals surface area contributed by atoms with E-state index in [4.69, 9.17) is 9.47 Å². The van der Waals surface area contributed by atoms with E-state index < -0.39 is 11.7 Å². The molecule has 0 unspecified atom stereocenters. The van der Waals surface area contributed by atoms with Gasteiger partial charge < -0.3 is 25.1 Å². The van der Waals surface area contributed by atoms with Gasteiger partial charge in [-0.15, -0.1) is 0 Å². The van der Waals surface area contributed by atoms with Crippen LogP contribution < -0.4 is 15.4 Å². The molecule has 0 spiro atoms. The largest absolute Gasteiger partial charge is 0.455 e. The fraction of sp³-hybridized carbons (Fsp3) is 0.280. The summed E-state index contributed by atoms with van der Waals surface area (Å²) in [5.41, 5.74) is 4.47. The number of carbonyl (C=O) groups is 1. The van der Waals surface area contributed by atoms with E-state index in [2.05, 4.69) is 30.6 Å². The highest BCUT2D eigenvalue weighted by atomic mass is 16.6. The number of aromatic amines is 1. The van der Waals surface area contributed by atoms with Gasteiger partial charge in [0.2, 0.25) is 0 Å². The van der Waals surface area contributed by atoms with E-state index in [1.54, 1.807) is 6.20 Å². The lowest BCUT2D eigenvalue weighted by Crippen LogP contribution is -2.32. The Morgan fingerprint density at radius 2 is 1.88 bits per heavy atom. The molecule has 0 radical (unpaired) electrons. The molecule has 3 heterocycles. The third-order valence-electron chi connectivity index (χ3n) is 4.84. The van der Waals surface area contributed by atoms with Crippen LogP contribution in [0, 0.1) is 13.8 Å². The van der Waals surface area contributed by atoms with E-state index >= 15 is 0 Å². The minimum atomic E-state index is -0.553. The Kier molecular flexibility index (Phi) is 6.36. The molecular formula is C25H28N6O3. The number of nitrogens with one attached hydrogen (secondary N) is 3. The minimum Gasteiger partial charge on any atom is -0.455 e. The quantitative estimate of drug-likeness (QED) is 0.347. The van der Waals surface area contributed by atoms with Gasteiger partial charge in [0, 0.05) is 17.1 Å². The summed E-state index contributed by atoms with van der Waals surface area (Å²) < 4.78 is 11.2. The fourth-order valence-electron chi connectivity index (χ4n) is 3.29. The highest BCUT2D eigenvalue weighted by Gasteiger charge is 2.16. The lowest BCUT2D eigenvalue weighted by Gasteiger charge is -2.19. The van der Waals surface area contributed by atoms with Gasteiger partial charge in [-0.2, -0.15) is 0 Å². The first-order valence-electron chi connectivity index (χ1n) is 10.9. The summed E-state index contributed by atoms with van der Waals surface area (Å²) in [6, 6.07) is 11.5. The average Bonchev–Trinajstić information content (AvgIpc) is 3.19. The third-order valence-corrected chi connectivity index (χ3v) is 4.84. The molecule has 0 saturated heterocycles. The number of amides is 1. The Balaban J connectivity index is 1.47. The highest BCUT2D eigenvalue weighted by molar-refractivity contribution is 5.88. The molecule has 176 valence electrons. The van der Waals surface area contributed by atoms with Crippen molar-refractivity contribution in [2.24, 2.45) is 0 Å². The molecule has 9 nitrogen and oxygen atoms in total. The number of aromatic nitrogens is 4. The Bertz CT molecular complexity index is 1310. The van der Waals surface area contributed by atoms with Gasteiger partial charge in [0.25, 0.3) is 0 Å². The third kappa shape index (κ3) is 5.80. The van der Waals surface area contributed by atoms with Gasteiger partial charge in [0.05, 0.1) is 18.3 Å². The normalized spacial score (nSPS) is 11.3. The molecule has 1 aromatic carbocycles. The number of pyridine rings is 1. The number of alkyl carbamates (subject to hydrolysis) is 1. The van der Waals surface area contributed by atoms with E-state index in [0.717, 1.165) is 39.4 Å². The van der Waals surface area contributed by atoms with Crippen LogP contribution in [-0.2, 0) is 11.3 Å². The molecule has 3 N–H and O–H groups in total. The predicted molar refractivity (Wildman–Crippen MR) is 130 cm³/mol. The van der Waals surface area contributed by atoms with Crippen LogP contribution in [0.1, 0.15) is 37.7 Å². The number of ether oxygens (including phenoxy) is 2. The van der Waals surface area contributed by atoms with Crippen molar-refractivity contribution in [2.45, 2.75) is 46.8 Å². The zero-order valence-corrected chi connectivity index (χ0v) is 19.9. The minimum absolute atomic E-state index is 0.281. The van der Waals surface area contributed by atoms with Gasteiger partial charge in [0.1, 0.15) is 28.9 Å². The number of nitrogens with zero attached hydrogens (tertiary/aromatic N) is 3. The zero-order chi connectivity index (χ0) is 24.3. The summed E-state index contributed by atoms with van der Waals surface area (Å²) >= 11 is 0. The SMILES string of the molecule is Cc1ccc(Oc2ccc(Nc3ncnc4cc(CNC(=O)OC(C)(C)C)[nH]c34)cc2C)cn1. The molecule has 3 aromatic heterocycles. The van der Waals surface area contributed by atoms with Crippen LogP contribution in [0.3, 0.4) is 0 Å². The van der Waals surface area contributed by atoms with Crippen LogP contribution >= 0.6 is 0 Å². The zero-order valence-electron chi connectivity index (χ0n) is 19.9. The number of benzene rings is 1. The topological polar surface area (TPSA) is 114 Å². The van der Waals surface area contributed by atoms with Crippen LogP contribution in [0.5, 0.6) is 11.5 Å². The molecule has 0 aliphatic rings. The van der Waals surface area contributed by atoms with Crippen molar-refractivity contribution in [3.05, 3.63) is 65.9 Å². The van der Waals surface area contributed by atoms with Crippen molar-refractivity contribution in [2.75, 3.05) is 5.32 Å². The number of aryl methyl sites for hydroxylation is 2. The maximum Gasteiger partial charge on any atom is 0.407 e. The van der Waals surface area contributed by atoms with Crippen molar-refractivity contribution in [1.82, 2.24) is 25.3 Å². The second kappa shape index (κ2) is 9.38. The molecule has 1 amide bonds. The monoisotopic (exact) mass is 460 g/mol. The average molecular weight is 461 g/mol. The van der Waals surface area contributed by atoms with Crippen molar-refractivity contribution < 1.29 is 14.3 Å². The molecule has 0 fully saturated rings. The molecule has 4 aromatic rings. The summed E-state index contributed by atoms with van der Waals surface area (Å²) in [6.07, 6.45) is 2.73. The van der Waals surface area contributed by atoms with Crippen LogP contribution in [0.25, 0.3) is 11.0 Å². The van der Waals surface area contributed by atoms with Gasteiger partial charge in [-0.25, -0.2) is 14.8 Å². The van der Waals surface area contributed by atoms with E-state index in [-0.39, 0.29) is 6.54 Å². The number of hydrogen-bond acceptors (Lipinski definition) is 7. The first-order chi connectivity index (χ1) is 16.2. The molecule has 0 saturated carbocycles. The van der Waals surface area contributed by atoms with Gasteiger partial charge in [-0.3, -0.25) is 4.98 Å². The molecular weight excluding hydrogens is 432 g/mol. The number of rotatable bonds is 6. The summed E-state index contributed by atoms with van der Waals surface area (Å²) in [5.74, 6) is 2.06. The van der Waals surface area contributed by atoms with Gasteiger partial charge in [0.15, 0.2) is 5.82 Å². The lowest BCUT2D eigenvalue weighted by atomic mass is 10.2.